The smallest absolute Gasteiger partial charge is 0.262 e. The van der Waals surface area contributed by atoms with Crippen molar-refractivity contribution in [2.24, 2.45) is 5.92 Å². The second-order valence-corrected chi connectivity index (χ2v) is 7.49. The van der Waals surface area contributed by atoms with E-state index in [1.807, 2.05) is 56.5 Å². The van der Waals surface area contributed by atoms with Gasteiger partial charge in [0.2, 0.25) is 5.91 Å². The van der Waals surface area contributed by atoms with Crippen molar-refractivity contribution in [3.8, 4) is 0 Å². The van der Waals surface area contributed by atoms with E-state index < -0.39 is 6.04 Å². The Kier molecular flexibility index (Phi) is 5.37. The molecule has 0 spiro atoms. The van der Waals surface area contributed by atoms with Crippen molar-refractivity contribution in [2.75, 3.05) is 0 Å². The van der Waals surface area contributed by atoms with Crippen LogP contribution in [0.4, 0.5) is 0 Å². The van der Waals surface area contributed by atoms with Crippen LogP contribution in [-0.4, -0.2) is 27.8 Å². The van der Waals surface area contributed by atoms with Gasteiger partial charge in [-0.2, -0.15) is 0 Å². The minimum absolute atomic E-state index is 0.0400. The topological polar surface area (TPSA) is 86.9 Å². The fourth-order valence-electron chi connectivity index (χ4n) is 2.70. The molecular formula is C19H22N4O2S. The number of aromatic nitrogens is 2. The molecule has 6 nitrogen and oxygen atoms in total. The number of aromatic amines is 1. The predicted octanol–water partition coefficient (Wildman–Crippen LogP) is 3.26. The Bertz CT molecular complexity index is 868. The molecule has 0 aliphatic rings. The standard InChI is InChI=1S/C19H22N4O2S/c1-11(2)16(23-18(24)15-9-6-10-26-15)19(25)20-12(3)17-21-13-7-4-5-8-14(13)22-17/h4-12,16H,1-3H3,(H,20,25)(H,21,22)(H,23,24)/t12-,16-/m1/s1. The van der Waals surface area contributed by atoms with E-state index in [1.54, 1.807) is 6.07 Å². The Morgan fingerprint density at radius 3 is 2.50 bits per heavy atom. The van der Waals surface area contributed by atoms with Crippen LogP contribution in [-0.2, 0) is 4.79 Å². The van der Waals surface area contributed by atoms with Crippen LogP contribution in [0.15, 0.2) is 41.8 Å². The highest BCUT2D eigenvalue weighted by Gasteiger charge is 2.26. The van der Waals surface area contributed by atoms with Gasteiger partial charge in [-0.1, -0.05) is 32.0 Å². The summed E-state index contributed by atoms with van der Waals surface area (Å²) in [6.45, 7) is 5.68. The number of imidazole rings is 1. The Balaban J connectivity index is 1.69. The fraction of sp³-hybridized carbons (Fsp3) is 0.316. The van der Waals surface area contributed by atoms with Gasteiger partial charge in [-0.25, -0.2) is 4.98 Å². The van der Waals surface area contributed by atoms with Crippen molar-refractivity contribution < 1.29 is 9.59 Å². The zero-order valence-corrected chi connectivity index (χ0v) is 15.8. The molecule has 2 atom stereocenters. The van der Waals surface area contributed by atoms with Gasteiger partial charge in [-0.05, 0) is 36.4 Å². The number of nitrogens with zero attached hydrogens (tertiary/aromatic N) is 1. The number of para-hydroxylation sites is 2. The van der Waals surface area contributed by atoms with Crippen LogP contribution >= 0.6 is 11.3 Å². The lowest BCUT2D eigenvalue weighted by atomic mass is 10.0. The lowest BCUT2D eigenvalue weighted by Crippen LogP contribution is -2.50. The van der Waals surface area contributed by atoms with Crippen LogP contribution in [0.3, 0.4) is 0 Å². The number of hydrogen-bond acceptors (Lipinski definition) is 4. The van der Waals surface area contributed by atoms with Crippen LogP contribution in [0.2, 0.25) is 0 Å². The van der Waals surface area contributed by atoms with Crippen LogP contribution in [0.25, 0.3) is 11.0 Å². The molecule has 0 bridgehead atoms. The van der Waals surface area contributed by atoms with E-state index in [1.165, 1.54) is 11.3 Å². The molecule has 136 valence electrons. The van der Waals surface area contributed by atoms with Gasteiger partial charge in [0.1, 0.15) is 11.9 Å². The molecule has 0 saturated heterocycles. The first kappa shape index (κ1) is 18.1. The normalized spacial score (nSPS) is 13.5. The van der Waals surface area contributed by atoms with Crippen molar-refractivity contribution in [1.29, 1.82) is 0 Å². The van der Waals surface area contributed by atoms with Crippen molar-refractivity contribution >= 4 is 34.2 Å². The van der Waals surface area contributed by atoms with Gasteiger partial charge in [0, 0.05) is 0 Å². The van der Waals surface area contributed by atoms with E-state index in [0.29, 0.717) is 10.7 Å². The summed E-state index contributed by atoms with van der Waals surface area (Å²) in [5, 5.41) is 7.61. The van der Waals surface area contributed by atoms with E-state index >= 15 is 0 Å². The molecule has 3 N–H and O–H groups in total. The number of benzene rings is 1. The summed E-state index contributed by atoms with van der Waals surface area (Å²) in [7, 11) is 0. The van der Waals surface area contributed by atoms with Crippen LogP contribution in [0.5, 0.6) is 0 Å². The van der Waals surface area contributed by atoms with E-state index in [2.05, 4.69) is 20.6 Å². The minimum Gasteiger partial charge on any atom is -0.345 e. The largest absolute Gasteiger partial charge is 0.345 e. The number of H-pyrrole nitrogens is 1. The molecule has 1 aromatic carbocycles. The molecule has 0 radical (unpaired) electrons. The number of carbonyl (C=O) groups is 2. The lowest BCUT2D eigenvalue weighted by Gasteiger charge is -2.23. The van der Waals surface area contributed by atoms with Crippen molar-refractivity contribution in [3.63, 3.8) is 0 Å². The summed E-state index contributed by atoms with van der Waals surface area (Å²) < 4.78 is 0. The molecule has 7 heteroatoms. The minimum atomic E-state index is -0.614. The van der Waals surface area contributed by atoms with Crippen LogP contribution in [0, 0.1) is 5.92 Å². The van der Waals surface area contributed by atoms with Gasteiger partial charge in [0.05, 0.1) is 22.0 Å². The van der Waals surface area contributed by atoms with Crippen LogP contribution in [0.1, 0.15) is 42.3 Å². The Morgan fingerprint density at radius 1 is 1.08 bits per heavy atom. The molecule has 0 aliphatic carbocycles. The third-order valence-electron chi connectivity index (χ3n) is 4.16. The molecule has 0 fully saturated rings. The number of nitrogens with one attached hydrogen (secondary N) is 3. The van der Waals surface area contributed by atoms with E-state index in [-0.39, 0.29) is 23.8 Å². The average molecular weight is 370 g/mol. The molecule has 2 heterocycles. The summed E-state index contributed by atoms with van der Waals surface area (Å²) in [6, 6.07) is 10.4. The van der Waals surface area contributed by atoms with Gasteiger partial charge < -0.3 is 15.6 Å². The monoisotopic (exact) mass is 370 g/mol. The maximum atomic E-state index is 12.7. The zero-order valence-electron chi connectivity index (χ0n) is 14.9. The molecule has 3 rings (SSSR count). The summed E-state index contributed by atoms with van der Waals surface area (Å²) in [5.41, 5.74) is 1.78. The SMILES string of the molecule is CC(C)[C@@H](NC(=O)c1cccs1)C(=O)N[C@H](C)c1nc2ccccc2[nH]1. The first-order valence-electron chi connectivity index (χ1n) is 8.55. The van der Waals surface area contributed by atoms with E-state index in [4.69, 9.17) is 0 Å². The summed E-state index contributed by atoms with van der Waals surface area (Å²) in [6.07, 6.45) is 0. The van der Waals surface area contributed by atoms with Gasteiger partial charge in [-0.3, -0.25) is 9.59 Å². The van der Waals surface area contributed by atoms with Gasteiger partial charge in [0.25, 0.3) is 5.91 Å². The molecular weight excluding hydrogens is 348 g/mol. The number of hydrogen-bond donors (Lipinski definition) is 3. The molecule has 0 aliphatic heterocycles. The molecule has 2 aromatic heterocycles. The Hall–Kier alpha value is -2.67. The maximum Gasteiger partial charge on any atom is 0.262 e. The van der Waals surface area contributed by atoms with Gasteiger partial charge in [0.15, 0.2) is 0 Å². The summed E-state index contributed by atoms with van der Waals surface area (Å²) in [4.78, 5) is 33.4. The van der Waals surface area contributed by atoms with Gasteiger partial charge >= 0.3 is 0 Å². The molecule has 0 unspecified atom stereocenters. The fourth-order valence-corrected chi connectivity index (χ4v) is 3.33. The number of rotatable bonds is 6. The second kappa shape index (κ2) is 7.70. The van der Waals surface area contributed by atoms with E-state index in [0.717, 1.165) is 11.0 Å². The van der Waals surface area contributed by atoms with Crippen LogP contribution < -0.4 is 10.6 Å². The number of carbonyl (C=O) groups excluding carboxylic acids is 2. The Morgan fingerprint density at radius 2 is 1.85 bits per heavy atom. The lowest BCUT2D eigenvalue weighted by molar-refractivity contribution is -0.124. The summed E-state index contributed by atoms with van der Waals surface area (Å²) >= 11 is 1.35. The average Bonchev–Trinajstić information content (AvgIpc) is 3.28. The predicted molar refractivity (Wildman–Crippen MR) is 103 cm³/mol. The molecule has 0 saturated carbocycles. The summed E-state index contributed by atoms with van der Waals surface area (Å²) in [5.74, 6) is 0.191. The van der Waals surface area contributed by atoms with Gasteiger partial charge in [-0.15, -0.1) is 11.3 Å². The number of thiophene rings is 1. The third-order valence-corrected chi connectivity index (χ3v) is 5.03. The van der Waals surface area contributed by atoms with Crippen molar-refractivity contribution in [1.82, 2.24) is 20.6 Å². The number of fused-ring (bicyclic) bond motifs is 1. The van der Waals surface area contributed by atoms with Crippen molar-refractivity contribution in [2.45, 2.75) is 32.9 Å². The van der Waals surface area contributed by atoms with E-state index in [9.17, 15) is 9.59 Å². The highest BCUT2D eigenvalue weighted by molar-refractivity contribution is 7.12. The zero-order chi connectivity index (χ0) is 18.7. The maximum absolute atomic E-state index is 12.7. The first-order chi connectivity index (χ1) is 12.5. The molecule has 3 aromatic rings. The second-order valence-electron chi connectivity index (χ2n) is 6.54. The first-order valence-corrected chi connectivity index (χ1v) is 9.43. The highest BCUT2D eigenvalue weighted by Crippen LogP contribution is 2.16. The molecule has 26 heavy (non-hydrogen) atoms. The third kappa shape index (κ3) is 3.94. The number of amides is 2. The Labute approximate surface area is 156 Å². The quantitative estimate of drug-likeness (QED) is 0.622. The van der Waals surface area contributed by atoms with Crippen molar-refractivity contribution in [3.05, 3.63) is 52.5 Å². The highest BCUT2D eigenvalue weighted by atomic mass is 32.1. The molecule has 2 amide bonds.